The van der Waals surface area contributed by atoms with Gasteiger partial charge in [0.05, 0.1) is 0 Å². The van der Waals surface area contributed by atoms with Crippen molar-refractivity contribution in [1.82, 2.24) is 0 Å². The van der Waals surface area contributed by atoms with Crippen molar-refractivity contribution in [2.75, 3.05) is 6.61 Å². The average molecular weight is 293 g/mol. The molecule has 0 radical (unpaired) electrons. The third kappa shape index (κ3) is 2.38. The van der Waals surface area contributed by atoms with Gasteiger partial charge in [0.15, 0.2) is 0 Å². The van der Waals surface area contributed by atoms with E-state index in [1.807, 2.05) is 0 Å². The second kappa shape index (κ2) is 5.25. The van der Waals surface area contributed by atoms with Crippen LogP contribution in [0.5, 0.6) is 0 Å². The lowest BCUT2D eigenvalue weighted by Crippen LogP contribution is -2.54. The van der Waals surface area contributed by atoms with Crippen LogP contribution in [0.3, 0.4) is 0 Å². The average Bonchev–Trinajstić information content (AvgIpc) is 2.49. The summed E-state index contributed by atoms with van der Waals surface area (Å²) in [7, 11) is 0. The van der Waals surface area contributed by atoms with E-state index in [1.165, 1.54) is 57.8 Å². The fraction of sp³-hybridized carbons (Fsp3) is 1.00. The van der Waals surface area contributed by atoms with Gasteiger partial charge in [-0.1, -0.05) is 40.5 Å². The highest BCUT2D eigenvalue weighted by molar-refractivity contribution is 5.06. The Morgan fingerprint density at radius 2 is 1.71 bits per heavy atom. The van der Waals surface area contributed by atoms with E-state index in [9.17, 15) is 5.11 Å². The Labute approximate surface area is 131 Å². The third-order valence-corrected chi connectivity index (χ3v) is 8.47. The van der Waals surface area contributed by atoms with Crippen LogP contribution in [0.25, 0.3) is 0 Å². The fourth-order valence-corrected chi connectivity index (χ4v) is 6.46. The van der Waals surface area contributed by atoms with Crippen molar-refractivity contribution in [3.63, 3.8) is 0 Å². The van der Waals surface area contributed by atoms with Crippen molar-refractivity contribution in [3.05, 3.63) is 0 Å². The molecule has 0 bridgehead atoms. The highest BCUT2D eigenvalue weighted by Gasteiger charge is 2.56. The molecule has 0 amide bonds. The van der Waals surface area contributed by atoms with Gasteiger partial charge in [0.25, 0.3) is 0 Å². The predicted octanol–water partition coefficient (Wildman–Crippen LogP) is 5.42. The minimum Gasteiger partial charge on any atom is -0.396 e. The van der Waals surface area contributed by atoms with Gasteiger partial charge < -0.3 is 5.11 Å². The lowest BCUT2D eigenvalue weighted by molar-refractivity contribution is -0.133. The second-order valence-electron chi connectivity index (χ2n) is 9.57. The molecule has 0 aromatic rings. The number of hydrogen-bond acceptors (Lipinski definition) is 1. The lowest BCUT2D eigenvalue weighted by Gasteiger charge is -2.62. The van der Waals surface area contributed by atoms with Crippen molar-refractivity contribution in [2.24, 2.45) is 34.0 Å². The maximum absolute atomic E-state index is 9.99. The van der Waals surface area contributed by atoms with E-state index >= 15 is 0 Å². The van der Waals surface area contributed by atoms with E-state index in [4.69, 9.17) is 0 Å². The Hall–Kier alpha value is -0.0400. The molecule has 0 saturated heterocycles. The van der Waals surface area contributed by atoms with Crippen LogP contribution in [-0.4, -0.2) is 11.7 Å². The summed E-state index contributed by atoms with van der Waals surface area (Å²) in [6, 6.07) is 0. The molecule has 21 heavy (non-hydrogen) atoms. The summed E-state index contributed by atoms with van der Waals surface area (Å²) < 4.78 is 0. The standard InChI is InChI=1S/C20H36O/c1-5-18(2)11-12-20(4)15(13-18)8-9-16-17(20)7-6-10-19(16,3)14-21/h15-17,21H,5-14H2,1-4H3. The number of hydrogen-bond donors (Lipinski definition) is 1. The molecule has 6 atom stereocenters. The Kier molecular flexibility index (Phi) is 3.96. The molecular formula is C20H36O. The largest absolute Gasteiger partial charge is 0.396 e. The van der Waals surface area contributed by atoms with E-state index in [2.05, 4.69) is 27.7 Å². The van der Waals surface area contributed by atoms with Crippen LogP contribution in [0.4, 0.5) is 0 Å². The molecule has 3 aliphatic carbocycles. The molecule has 0 aliphatic heterocycles. The third-order valence-electron chi connectivity index (χ3n) is 8.47. The predicted molar refractivity (Wildman–Crippen MR) is 89.1 cm³/mol. The van der Waals surface area contributed by atoms with Crippen molar-refractivity contribution < 1.29 is 5.11 Å². The SMILES string of the molecule is CCC1(C)CCC2(C)C(CCC3C2CCCC3(C)CO)C1. The minimum atomic E-state index is 0.211. The monoisotopic (exact) mass is 292 g/mol. The topological polar surface area (TPSA) is 20.2 Å². The molecule has 0 spiro atoms. The van der Waals surface area contributed by atoms with E-state index < -0.39 is 0 Å². The summed E-state index contributed by atoms with van der Waals surface area (Å²) in [6.07, 6.45) is 12.5. The van der Waals surface area contributed by atoms with Crippen LogP contribution < -0.4 is 0 Å². The Balaban J connectivity index is 1.85. The van der Waals surface area contributed by atoms with Gasteiger partial charge >= 0.3 is 0 Å². The van der Waals surface area contributed by atoms with Crippen LogP contribution >= 0.6 is 0 Å². The molecule has 3 saturated carbocycles. The first-order valence-corrected chi connectivity index (χ1v) is 9.48. The summed E-state index contributed by atoms with van der Waals surface area (Å²) in [6.45, 7) is 10.3. The second-order valence-corrected chi connectivity index (χ2v) is 9.57. The number of aliphatic hydroxyl groups excluding tert-OH is 1. The highest BCUT2D eigenvalue weighted by Crippen LogP contribution is 2.65. The molecule has 3 fully saturated rings. The van der Waals surface area contributed by atoms with Gasteiger partial charge in [0, 0.05) is 6.61 Å². The zero-order chi connectivity index (χ0) is 15.3. The maximum atomic E-state index is 9.99. The van der Waals surface area contributed by atoms with Gasteiger partial charge in [-0.3, -0.25) is 0 Å². The molecule has 1 heteroatoms. The van der Waals surface area contributed by atoms with E-state index in [-0.39, 0.29) is 5.41 Å². The van der Waals surface area contributed by atoms with Crippen LogP contribution in [0, 0.1) is 34.0 Å². The number of fused-ring (bicyclic) bond motifs is 3. The molecule has 122 valence electrons. The van der Waals surface area contributed by atoms with E-state index in [0.717, 1.165) is 17.8 Å². The van der Waals surface area contributed by atoms with Gasteiger partial charge in [-0.15, -0.1) is 0 Å². The highest BCUT2D eigenvalue weighted by atomic mass is 16.3. The smallest absolute Gasteiger partial charge is 0.0487 e. The van der Waals surface area contributed by atoms with Crippen LogP contribution in [0.15, 0.2) is 0 Å². The van der Waals surface area contributed by atoms with Gasteiger partial charge in [-0.25, -0.2) is 0 Å². The molecule has 1 N–H and O–H groups in total. The summed E-state index contributed by atoms with van der Waals surface area (Å²) >= 11 is 0. The number of rotatable bonds is 2. The molecule has 0 aromatic heterocycles. The minimum absolute atomic E-state index is 0.211. The van der Waals surface area contributed by atoms with Crippen LogP contribution in [0.1, 0.15) is 85.5 Å². The van der Waals surface area contributed by atoms with Gasteiger partial charge in [0.2, 0.25) is 0 Å². The molecule has 3 rings (SSSR count). The van der Waals surface area contributed by atoms with E-state index in [0.29, 0.717) is 17.4 Å². The first-order valence-electron chi connectivity index (χ1n) is 9.48. The molecule has 1 nitrogen and oxygen atoms in total. The van der Waals surface area contributed by atoms with Crippen LogP contribution in [0.2, 0.25) is 0 Å². The quantitative estimate of drug-likeness (QED) is 0.720. The first kappa shape index (κ1) is 15.8. The number of aliphatic hydroxyl groups is 1. The normalized spacial score (nSPS) is 53.9. The fourth-order valence-electron chi connectivity index (χ4n) is 6.46. The van der Waals surface area contributed by atoms with Gasteiger partial charge in [0.1, 0.15) is 0 Å². The Morgan fingerprint density at radius 1 is 0.952 bits per heavy atom. The van der Waals surface area contributed by atoms with Crippen molar-refractivity contribution in [2.45, 2.75) is 85.5 Å². The molecule has 6 unspecified atom stereocenters. The van der Waals surface area contributed by atoms with Gasteiger partial charge in [-0.05, 0) is 78.9 Å². The Morgan fingerprint density at radius 3 is 2.38 bits per heavy atom. The molecule has 0 heterocycles. The summed E-state index contributed by atoms with van der Waals surface area (Å²) in [5.74, 6) is 2.60. The van der Waals surface area contributed by atoms with Crippen molar-refractivity contribution >= 4 is 0 Å². The first-order chi connectivity index (χ1) is 9.87. The zero-order valence-corrected chi connectivity index (χ0v) is 14.8. The lowest BCUT2D eigenvalue weighted by atomic mass is 9.43. The molecule has 0 aromatic carbocycles. The molecular weight excluding hydrogens is 256 g/mol. The Bertz CT molecular complexity index is 391. The van der Waals surface area contributed by atoms with E-state index in [1.54, 1.807) is 0 Å². The maximum Gasteiger partial charge on any atom is 0.0487 e. The van der Waals surface area contributed by atoms with Crippen molar-refractivity contribution in [1.29, 1.82) is 0 Å². The summed E-state index contributed by atoms with van der Waals surface area (Å²) in [4.78, 5) is 0. The summed E-state index contributed by atoms with van der Waals surface area (Å²) in [5.41, 5.74) is 1.38. The molecule has 3 aliphatic rings. The van der Waals surface area contributed by atoms with Crippen LogP contribution in [-0.2, 0) is 0 Å². The zero-order valence-electron chi connectivity index (χ0n) is 14.8. The summed E-state index contributed by atoms with van der Waals surface area (Å²) in [5, 5.41) is 9.99. The van der Waals surface area contributed by atoms with Gasteiger partial charge in [-0.2, -0.15) is 0 Å². The van der Waals surface area contributed by atoms with Crippen molar-refractivity contribution in [3.8, 4) is 0 Å².